The number of hydrogen-bond donors (Lipinski definition) is 4. The van der Waals surface area contributed by atoms with Gasteiger partial charge < -0.3 is 20.8 Å². The van der Waals surface area contributed by atoms with Crippen LogP contribution in [0.4, 0.5) is 0 Å². The smallest absolute Gasteiger partial charge is 0.338 e. The van der Waals surface area contributed by atoms with E-state index in [1.165, 1.54) is 0 Å². The van der Waals surface area contributed by atoms with E-state index in [1.54, 1.807) is 4.90 Å². The molecule has 5 N–H and O–H groups in total. The molecule has 0 aromatic rings. The molecule has 7 nitrogen and oxygen atoms in total. The first kappa shape index (κ1) is 14.3. The maximum atomic E-state index is 11.1. The first-order valence-corrected chi connectivity index (χ1v) is 4.81. The van der Waals surface area contributed by atoms with E-state index in [4.69, 9.17) is 15.9 Å². The average molecular weight is 221 g/mol. The highest BCUT2D eigenvalue weighted by Gasteiger charge is 2.10. The first-order valence-electron chi connectivity index (χ1n) is 4.81. The summed E-state index contributed by atoms with van der Waals surface area (Å²) in [6.07, 6.45) is 0. The first-order chi connectivity index (χ1) is 7.24. The molecule has 0 fully saturated rings. The van der Waals surface area contributed by atoms with Gasteiger partial charge in [0.1, 0.15) is 0 Å². The summed E-state index contributed by atoms with van der Waals surface area (Å²) in [4.78, 5) is 17.4. The average Bonchev–Trinajstić information content (AvgIpc) is 2.19. The van der Waals surface area contributed by atoms with Gasteiger partial charge in [-0.1, -0.05) is 0 Å². The van der Waals surface area contributed by atoms with E-state index in [2.05, 4.69) is 10.3 Å². The van der Waals surface area contributed by atoms with Crippen molar-refractivity contribution in [1.82, 2.24) is 10.4 Å². The Bertz CT molecular complexity index is 162. The van der Waals surface area contributed by atoms with Crippen molar-refractivity contribution >= 4 is 5.97 Å². The molecule has 0 aromatic heterocycles. The number of carbonyl (C=O) groups is 1. The Morgan fingerprint density at radius 3 is 2.40 bits per heavy atom. The van der Waals surface area contributed by atoms with Crippen molar-refractivity contribution in [2.24, 2.45) is 5.73 Å². The molecule has 15 heavy (non-hydrogen) atoms. The fourth-order valence-electron chi connectivity index (χ4n) is 0.958. The van der Waals surface area contributed by atoms with E-state index in [0.29, 0.717) is 26.2 Å². The van der Waals surface area contributed by atoms with Gasteiger partial charge >= 0.3 is 5.97 Å². The van der Waals surface area contributed by atoms with Crippen LogP contribution in [0.3, 0.4) is 0 Å². The molecule has 0 aromatic carbocycles. The van der Waals surface area contributed by atoms with Crippen molar-refractivity contribution in [1.29, 1.82) is 0 Å². The highest BCUT2D eigenvalue weighted by molar-refractivity contribution is 5.71. The SMILES string of the molecule is NCCNOC(=O)CN(CCO)CCO. The minimum absolute atomic E-state index is 0.0265. The van der Waals surface area contributed by atoms with Crippen LogP contribution in [0.25, 0.3) is 0 Å². The van der Waals surface area contributed by atoms with Crippen LogP contribution in [0.2, 0.25) is 0 Å². The Morgan fingerprint density at radius 2 is 1.93 bits per heavy atom. The summed E-state index contributed by atoms with van der Waals surface area (Å²) in [5.74, 6) is -0.467. The van der Waals surface area contributed by atoms with Crippen LogP contribution >= 0.6 is 0 Å². The molecule has 90 valence electrons. The lowest BCUT2D eigenvalue weighted by Gasteiger charge is -2.18. The Balaban J connectivity index is 3.67. The summed E-state index contributed by atoms with van der Waals surface area (Å²) in [7, 11) is 0. The summed E-state index contributed by atoms with van der Waals surface area (Å²) in [6, 6.07) is 0. The molecule has 0 rings (SSSR count). The number of hydroxylamine groups is 1. The van der Waals surface area contributed by atoms with E-state index in [1.807, 2.05) is 0 Å². The van der Waals surface area contributed by atoms with Crippen LogP contribution in [0.5, 0.6) is 0 Å². The van der Waals surface area contributed by atoms with Gasteiger partial charge in [-0.25, -0.2) is 4.79 Å². The quantitative estimate of drug-likeness (QED) is 0.247. The van der Waals surface area contributed by atoms with Crippen LogP contribution in [0, 0.1) is 0 Å². The zero-order chi connectivity index (χ0) is 11.5. The van der Waals surface area contributed by atoms with Gasteiger partial charge in [-0.15, -0.1) is 0 Å². The molecule has 0 heterocycles. The van der Waals surface area contributed by atoms with Crippen molar-refractivity contribution in [2.75, 3.05) is 45.9 Å². The van der Waals surface area contributed by atoms with Gasteiger partial charge in [-0.3, -0.25) is 4.90 Å². The minimum atomic E-state index is -0.467. The van der Waals surface area contributed by atoms with E-state index >= 15 is 0 Å². The standard InChI is InChI=1S/C8H19N3O4/c9-1-2-10-15-8(14)7-11(3-5-12)4-6-13/h10,12-13H,1-7,9H2. The van der Waals surface area contributed by atoms with Crippen molar-refractivity contribution in [3.63, 3.8) is 0 Å². The highest BCUT2D eigenvalue weighted by Crippen LogP contribution is 1.88. The Kier molecular flexibility index (Phi) is 9.33. The molecule has 0 amide bonds. The Morgan fingerprint density at radius 1 is 1.33 bits per heavy atom. The minimum Gasteiger partial charge on any atom is -0.395 e. The third-order valence-electron chi connectivity index (χ3n) is 1.62. The molecule has 0 saturated heterocycles. The highest BCUT2D eigenvalue weighted by atomic mass is 16.7. The van der Waals surface area contributed by atoms with E-state index in [0.717, 1.165) is 0 Å². The van der Waals surface area contributed by atoms with Crippen LogP contribution in [-0.2, 0) is 9.63 Å². The number of carbonyl (C=O) groups excluding carboxylic acids is 1. The fraction of sp³-hybridized carbons (Fsp3) is 0.875. The van der Waals surface area contributed by atoms with Gasteiger partial charge in [0.05, 0.1) is 19.8 Å². The lowest BCUT2D eigenvalue weighted by molar-refractivity contribution is -0.152. The number of hydrogen-bond acceptors (Lipinski definition) is 7. The van der Waals surface area contributed by atoms with Crippen molar-refractivity contribution in [2.45, 2.75) is 0 Å². The topological polar surface area (TPSA) is 108 Å². The third-order valence-corrected chi connectivity index (χ3v) is 1.62. The zero-order valence-corrected chi connectivity index (χ0v) is 8.69. The molecular formula is C8H19N3O4. The second-order valence-corrected chi connectivity index (χ2v) is 2.88. The zero-order valence-electron chi connectivity index (χ0n) is 8.69. The number of rotatable bonds is 9. The van der Waals surface area contributed by atoms with E-state index in [9.17, 15) is 4.79 Å². The molecule has 0 aliphatic heterocycles. The molecule has 0 bridgehead atoms. The summed E-state index contributed by atoms with van der Waals surface area (Å²) >= 11 is 0. The molecular weight excluding hydrogens is 202 g/mol. The lowest BCUT2D eigenvalue weighted by atomic mass is 10.4. The van der Waals surface area contributed by atoms with E-state index < -0.39 is 5.97 Å². The summed E-state index contributed by atoms with van der Waals surface area (Å²) < 4.78 is 0. The van der Waals surface area contributed by atoms with Crippen LogP contribution in [-0.4, -0.2) is 67.0 Å². The van der Waals surface area contributed by atoms with Crippen LogP contribution in [0.1, 0.15) is 0 Å². The second-order valence-electron chi connectivity index (χ2n) is 2.88. The molecule has 0 unspecified atom stereocenters. The maximum Gasteiger partial charge on any atom is 0.338 e. The number of nitrogens with one attached hydrogen (secondary N) is 1. The van der Waals surface area contributed by atoms with Gasteiger partial charge in [-0.2, -0.15) is 5.48 Å². The van der Waals surface area contributed by atoms with Crippen molar-refractivity contribution in [3.8, 4) is 0 Å². The van der Waals surface area contributed by atoms with Gasteiger partial charge in [0.2, 0.25) is 0 Å². The Labute approximate surface area is 88.8 Å². The van der Waals surface area contributed by atoms with Crippen molar-refractivity contribution < 1.29 is 19.8 Å². The monoisotopic (exact) mass is 221 g/mol. The van der Waals surface area contributed by atoms with Gasteiger partial charge in [-0.05, 0) is 0 Å². The number of nitrogens with two attached hydrogens (primary N) is 1. The molecule has 0 aliphatic carbocycles. The van der Waals surface area contributed by atoms with Crippen LogP contribution in [0.15, 0.2) is 0 Å². The van der Waals surface area contributed by atoms with Gasteiger partial charge in [0, 0.05) is 26.2 Å². The molecule has 0 saturated carbocycles. The van der Waals surface area contributed by atoms with Crippen LogP contribution < -0.4 is 11.2 Å². The number of aliphatic hydroxyl groups excluding tert-OH is 2. The van der Waals surface area contributed by atoms with Gasteiger partial charge in [0.15, 0.2) is 0 Å². The lowest BCUT2D eigenvalue weighted by Crippen LogP contribution is -2.37. The predicted molar refractivity (Wildman–Crippen MR) is 53.8 cm³/mol. The molecule has 0 radical (unpaired) electrons. The normalized spacial score (nSPS) is 10.7. The predicted octanol–water partition coefficient (Wildman–Crippen LogP) is -2.72. The third kappa shape index (κ3) is 8.28. The number of aliphatic hydroxyl groups is 2. The Hall–Kier alpha value is -0.730. The summed E-state index contributed by atoms with van der Waals surface area (Å²) in [6.45, 7) is 1.32. The molecule has 0 atom stereocenters. The fourth-order valence-corrected chi connectivity index (χ4v) is 0.958. The maximum absolute atomic E-state index is 11.1. The second kappa shape index (κ2) is 9.81. The summed E-state index contributed by atoms with van der Waals surface area (Å²) in [5.41, 5.74) is 7.58. The molecule has 0 aliphatic rings. The van der Waals surface area contributed by atoms with E-state index in [-0.39, 0.29) is 19.8 Å². The van der Waals surface area contributed by atoms with Gasteiger partial charge in [0.25, 0.3) is 0 Å². The molecule has 7 heteroatoms. The molecule has 0 spiro atoms. The van der Waals surface area contributed by atoms with Crippen molar-refractivity contribution in [3.05, 3.63) is 0 Å². The largest absolute Gasteiger partial charge is 0.395 e. The number of nitrogens with zero attached hydrogens (tertiary/aromatic N) is 1. The summed E-state index contributed by atoms with van der Waals surface area (Å²) in [5, 5.41) is 17.4.